The maximum absolute atomic E-state index is 12.7. The van der Waals surface area contributed by atoms with Crippen LogP contribution in [0.3, 0.4) is 0 Å². The van der Waals surface area contributed by atoms with Gasteiger partial charge in [0.05, 0.1) is 40.3 Å². The molecule has 1 aliphatic rings. The molecular formula is C22H38N4O3+2. The highest BCUT2D eigenvalue weighted by atomic mass is 16.5. The molecule has 0 bridgehead atoms. The quantitative estimate of drug-likeness (QED) is 0.525. The molecule has 2 rings (SSSR count). The van der Waals surface area contributed by atoms with E-state index in [4.69, 9.17) is 4.74 Å². The van der Waals surface area contributed by atoms with Crippen LogP contribution in [0.4, 0.5) is 0 Å². The van der Waals surface area contributed by atoms with E-state index >= 15 is 0 Å². The number of amides is 2. The number of quaternary nitrogens is 2. The molecule has 1 heterocycles. The van der Waals surface area contributed by atoms with Gasteiger partial charge in [0.1, 0.15) is 12.3 Å². The Morgan fingerprint density at radius 3 is 2.48 bits per heavy atom. The lowest BCUT2D eigenvalue weighted by molar-refractivity contribution is -0.897. The largest absolute Gasteiger partial charge is 0.496 e. The number of carbonyl (C=O) groups is 2. The SMILES string of the molecule is COc1ccc(C)cc1C[NH+](C)CC(=O)N1CC[NH+](CC(=O)NC(C)(C)C)CC1. The first kappa shape index (κ1) is 23.2. The van der Waals surface area contributed by atoms with Gasteiger partial charge in [-0.2, -0.15) is 0 Å². The molecule has 1 aromatic carbocycles. The standard InChI is InChI=1S/C22H36N4O3/c1-17-7-8-19(29-6)18(13-17)14-24(5)16-21(28)26-11-9-25(10-12-26)15-20(27)23-22(2,3)4/h7-8,13H,9-12,14-16H2,1-6H3,(H,23,27)/p+2. The van der Waals surface area contributed by atoms with E-state index in [9.17, 15) is 9.59 Å². The maximum atomic E-state index is 12.7. The third-order valence-electron chi connectivity index (χ3n) is 5.13. The highest BCUT2D eigenvalue weighted by Crippen LogP contribution is 2.18. The topological polar surface area (TPSA) is 67.5 Å². The first-order chi connectivity index (χ1) is 13.6. The average Bonchev–Trinajstić information content (AvgIpc) is 2.60. The number of nitrogens with one attached hydrogen (secondary N) is 3. The highest BCUT2D eigenvalue weighted by Gasteiger charge is 2.27. The number of piperazine rings is 1. The van der Waals surface area contributed by atoms with E-state index in [0.717, 1.165) is 35.8 Å². The van der Waals surface area contributed by atoms with Gasteiger partial charge in [0.25, 0.3) is 11.8 Å². The van der Waals surface area contributed by atoms with Gasteiger partial charge in [-0.3, -0.25) is 9.59 Å². The maximum Gasteiger partial charge on any atom is 0.278 e. The third kappa shape index (κ3) is 7.66. The Morgan fingerprint density at radius 2 is 1.90 bits per heavy atom. The molecule has 0 saturated carbocycles. The minimum absolute atomic E-state index is 0.0727. The molecule has 7 heteroatoms. The van der Waals surface area contributed by atoms with Gasteiger partial charge in [-0.25, -0.2) is 0 Å². The summed E-state index contributed by atoms with van der Waals surface area (Å²) in [7, 11) is 3.72. The number of hydrogen-bond acceptors (Lipinski definition) is 3. The van der Waals surface area contributed by atoms with Crippen molar-refractivity contribution in [3.8, 4) is 5.75 Å². The van der Waals surface area contributed by atoms with Crippen molar-refractivity contribution in [2.45, 2.75) is 39.8 Å². The molecule has 3 N–H and O–H groups in total. The Morgan fingerprint density at radius 1 is 1.24 bits per heavy atom. The molecule has 1 unspecified atom stereocenters. The number of ether oxygens (including phenoxy) is 1. The molecule has 1 fully saturated rings. The van der Waals surface area contributed by atoms with Gasteiger partial charge in [-0.1, -0.05) is 11.6 Å². The van der Waals surface area contributed by atoms with Crippen LogP contribution in [0.2, 0.25) is 0 Å². The van der Waals surface area contributed by atoms with Crippen LogP contribution in [0.15, 0.2) is 18.2 Å². The molecule has 1 atom stereocenters. The number of rotatable bonds is 7. The fraction of sp³-hybridized carbons (Fsp3) is 0.636. The molecule has 0 radical (unpaired) electrons. The predicted molar refractivity (Wildman–Crippen MR) is 113 cm³/mol. The van der Waals surface area contributed by atoms with Gasteiger partial charge < -0.3 is 24.8 Å². The molecule has 0 spiro atoms. The number of carbonyl (C=O) groups excluding carboxylic acids is 2. The van der Waals surface area contributed by atoms with Crippen molar-refractivity contribution in [1.29, 1.82) is 0 Å². The zero-order chi connectivity index (χ0) is 21.6. The third-order valence-corrected chi connectivity index (χ3v) is 5.13. The Kier molecular flexibility index (Phi) is 8.05. The highest BCUT2D eigenvalue weighted by molar-refractivity contribution is 5.78. The molecule has 7 nitrogen and oxygen atoms in total. The Hall–Kier alpha value is -2.12. The van der Waals surface area contributed by atoms with E-state index in [1.165, 1.54) is 10.5 Å². The monoisotopic (exact) mass is 406 g/mol. The summed E-state index contributed by atoms with van der Waals surface area (Å²) in [6.07, 6.45) is 0. The lowest BCUT2D eigenvalue weighted by Crippen LogP contribution is -3.16. The number of likely N-dealkylation sites (N-methyl/N-ethyl adjacent to an activating group) is 1. The smallest absolute Gasteiger partial charge is 0.278 e. The molecule has 29 heavy (non-hydrogen) atoms. The summed E-state index contributed by atoms with van der Waals surface area (Å²) in [4.78, 5) is 29.1. The van der Waals surface area contributed by atoms with Crippen molar-refractivity contribution in [3.05, 3.63) is 29.3 Å². The summed E-state index contributed by atoms with van der Waals surface area (Å²) in [6.45, 7) is 12.7. The summed E-state index contributed by atoms with van der Waals surface area (Å²) >= 11 is 0. The fourth-order valence-corrected chi connectivity index (χ4v) is 3.74. The summed E-state index contributed by atoms with van der Waals surface area (Å²) in [5.41, 5.74) is 2.10. The van der Waals surface area contributed by atoms with Gasteiger partial charge in [0, 0.05) is 11.1 Å². The number of benzene rings is 1. The summed E-state index contributed by atoms with van der Waals surface area (Å²) < 4.78 is 5.45. The Bertz CT molecular complexity index is 706. The van der Waals surface area contributed by atoms with Gasteiger partial charge >= 0.3 is 0 Å². The van der Waals surface area contributed by atoms with E-state index in [0.29, 0.717) is 26.2 Å². The lowest BCUT2D eigenvalue weighted by atomic mass is 10.1. The second kappa shape index (κ2) is 10.1. The number of nitrogens with zero attached hydrogens (tertiary/aromatic N) is 1. The molecule has 2 amide bonds. The van der Waals surface area contributed by atoms with Crippen molar-refractivity contribution in [1.82, 2.24) is 10.2 Å². The van der Waals surface area contributed by atoms with Gasteiger partial charge in [0.15, 0.2) is 13.1 Å². The van der Waals surface area contributed by atoms with E-state index in [2.05, 4.69) is 18.3 Å². The van der Waals surface area contributed by atoms with Crippen molar-refractivity contribution in [2.75, 3.05) is 53.4 Å². The van der Waals surface area contributed by atoms with Gasteiger partial charge in [0.2, 0.25) is 0 Å². The van der Waals surface area contributed by atoms with Crippen LogP contribution in [0.25, 0.3) is 0 Å². The van der Waals surface area contributed by atoms with E-state index < -0.39 is 0 Å². The van der Waals surface area contributed by atoms with E-state index in [1.807, 2.05) is 44.9 Å². The number of methoxy groups -OCH3 is 1. The summed E-state index contributed by atoms with van der Waals surface area (Å²) in [5.74, 6) is 1.11. The van der Waals surface area contributed by atoms with Crippen LogP contribution in [0, 0.1) is 6.92 Å². The van der Waals surface area contributed by atoms with E-state index in [1.54, 1.807) is 7.11 Å². The van der Waals surface area contributed by atoms with Gasteiger partial charge in [-0.15, -0.1) is 0 Å². The minimum atomic E-state index is -0.207. The second-order valence-electron chi connectivity index (χ2n) is 9.23. The molecule has 0 aliphatic carbocycles. The van der Waals surface area contributed by atoms with E-state index in [-0.39, 0.29) is 17.4 Å². The Balaban J connectivity index is 1.79. The summed E-state index contributed by atoms with van der Waals surface area (Å²) in [6, 6.07) is 6.14. The second-order valence-corrected chi connectivity index (χ2v) is 9.23. The zero-order valence-electron chi connectivity index (χ0n) is 18.9. The van der Waals surface area contributed by atoms with Crippen molar-refractivity contribution in [3.63, 3.8) is 0 Å². The Labute approximate surface area is 175 Å². The predicted octanol–water partition coefficient (Wildman–Crippen LogP) is -1.34. The van der Waals surface area contributed by atoms with Crippen LogP contribution in [-0.2, 0) is 16.1 Å². The van der Waals surface area contributed by atoms with Crippen LogP contribution in [0.1, 0.15) is 31.9 Å². The van der Waals surface area contributed by atoms with Crippen LogP contribution >= 0.6 is 0 Å². The molecule has 1 aliphatic heterocycles. The summed E-state index contributed by atoms with van der Waals surface area (Å²) in [5, 5.41) is 3.01. The van der Waals surface area contributed by atoms with Crippen molar-refractivity contribution < 1.29 is 24.1 Å². The zero-order valence-corrected chi connectivity index (χ0v) is 18.9. The first-order valence-corrected chi connectivity index (χ1v) is 10.4. The van der Waals surface area contributed by atoms with Crippen molar-refractivity contribution in [2.24, 2.45) is 0 Å². The average molecular weight is 407 g/mol. The van der Waals surface area contributed by atoms with Crippen LogP contribution in [0.5, 0.6) is 5.75 Å². The lowest BCUT2D eigenvalue weighted by Gasteiger charge is -2.32. The van der Waals surface area contributed by atoms with Gasteiger partial charge in [-0.05, 0) is 39.8 Å². The number of hydrogen-bond donors (Lipinski definition) is 3. The fourth-order valence-electron chi connectivity index (χ4n) is 3.74. The molecule has 1 saturated heterocycles. The molecule has 0 aromatic heterocycles. The number of aryl methyl sites for hydroxylation is 1. The van der Waals surface area contributed by atoms with Crippen LogP contribution < -0.4 is 19.9 Å². The molecular weight excluding hydrogens is 368 g/mol. The first-order valence-electron chi connectivity index (χ1n) is 10.4. The van der Waals surface area contributed by atoms with Crippen LogP contribution in [-0.4, -0.2) is 75.7 Å². The van der Waals surface area contributed by atoms with Crippen molar-refractivity contribution >= 4 is 11.8 Å². The molecule has 1 aromatic rings. The minimum Gasteiger partial charge on any atom is -0.496 e. The molecule has 162 valence electrons. The normalized spacial score (nSPS) is 16.4.